The van der Waals surface area contributed by atoms with Gasteiger partial charge in [-0.15, -0.1) is 0 Å². The van der Waals surface area contributed by atoms with Gasteiger partial charge in [0.2, 0.25) is 5.91 Å². The third-order valence-electron chi connectivity index (χ3n) is 3.70. The van der Waals surface area contributed by atoms with Crippen LogP contribution in [0.5, 0.6) is 0 Å². The first-order valence-electron chi connectivity index (χ1n) is 6.68. The third kappa shape index (κ3) is 3.94. The lowest BCUT2D eigenvalue weighted by Crippen LogP contribution is -2.51. The van der Waals surface area contributed by atoms with Gasteiger partial charge in [0.15, 0.2) is 0 Å². The van der Waals surface area contributed by atoms with Crippen molar-refractivity contribution in [2.75, 3.05) is 52.9 Å². The quantitative estimate of drug-likeness (QED) is 0.669. The number of amides is 1. The number of nitrogens with zero attached hydrogens (tertiary/aromatic N) is 2. The van der Waals surface area contributed by atoms with Crippen LogP contribution in [-0.4, -0.2) is 74.6 Å². The molecule has 0 spiro atoms. The lowest BCUT2D eigenvalue weighted by atomic mass is 10.1. The minimum Gasteiger partial charge on any atom is -0.355 e. The summed E-state index contributed by atoms with van der Waals surface area (Å²) in [6.07, 6.45) is 2.08. The molecule has 0 aromatic rings. The lowest BCUT2D eigenvalue weighted by molar-refractivity contribution is -0.124. The molecular weight excluding hydrogens is 216 g/mol. The van der Waals surface area contributed by atoms with E-state index in [0.29, 0.717) is 0 Å². The van der Waals surface area contributed by atoms with Crippen molar-refractivity contribution in [1.82, 2.24) is 20.4 Å². The van der Waals surface area contributed by atoms with Crippen molar-refractivity contribution in [2.45, 2.75) is 18.9 Å². The van der Waals surface area contributed by atoms with Crippen molar-refractivity contribution in [1.29, 1.82) is 0 Å². The van der Waals surface area contributed by atoms with E-state index in [1.54, 1.807) is 0 Å². The maximum Gasteiger partial charge on any atom is 0.237 e. The van der Waals surface area contributed by atoms with Gasteiger partial charge >= 0.3 is 0 Å². The van der Waals surface area contributed by atoms with Crippen LogP contribution in [0.2, 0.25) is 0 Å². The average molecular weight is 240 g/mol. The van der Waals surface area contributed by atoms with Gasteiger partial charge in [-0.25, -0.2) is 0 Å². The molecule has 0 aliphatic carbocycles. The molecule has 0 radical (unpaired) electrons. The molecule has 2 aliphatic heterocycles. The molecule has 5 nitrogen and oxygen atoms in total. The largest absolute Gasteiger partial charge is 0.355 e. The predicted octanol–water partition coefficient (Wildman–Crippen LogP) is -0.898. The maximum atomic E-state index is 11.5. The van der Waals surface area contributed by atoms with Gasteiger partial charge in [0, 0.05) is 45.8 Å². The fourth-order valence-corrected chi connectivity index (χ4v) is 2.44. The average Bonchev–Trinajstić information content (AvgIpc) is 2.34. The summed E-state index contributed by atoms with van der Waals surface area (Å²) in [4.78, 5) is 16.4. The highest BCUT2D eigenvalue weighted by Gasteiger charge is 2.21. The second-order valence-electron chi connectivity index (χ2n) is 5.08. The summed E-state index contributed by atoms with van der Waals surface area (Å²) in [5.41, 5.74) is 0. The molecule has 2 saturated heterocycles. The van der Waals surface area contributed by atoms with E-state index in [2.05, 4.69) is 27.5 Å². The smallest absolute Gasteiger partial charge is 0.237 e. The van der Waals surface area contributed by atoms with Crippen molar-refractivity contribution in [2.24, 2.45) is 0 Å². The van der Waals surface area contributed by atoms with Gasteiger partial charge in [-0.1, -0.05) is 0 Å². The number of hydrogen-bond donors (Lipinski definition) is 2. The molecule has 1 unspecified atom stereocenters. The first-order valence-corrected chi connectivity index (χ1v) is 6.68. The van der Waals surface area contributed by atoms with Gasteiger partial charge < -0.3 is 15.5 Å². The standard InChI is InChI=1S/C12H24N4O/c1-15-7-9-16(10-8-15)6-5-13-11-3-2-4-14-12(11)17/h11,13H,2-10H2,1H3,(H,14,17). The lowest BCUT2D eigenvalue weighted by Gasteiger charge is -2.33. The molecule has 2 heterocycles. The molecule has 2 fully saturated rings. The summed E-state index contributed by atoms with van der Waals surface area (Å²) in [5, 5.41) is 6.27. The number of piperidine rings is 1. The molecule has 5 heteroatoms. The Hall–Kier alpha value is -0.650. The second kappa shape index (κ2) is 6.33. The highest BCUT2D eigenvalue weighted by atomic mass is 16.2. The predicted molar refractivity (Wildman–Crippen MR) is 68.0 cm³/mol. The van der Waals surface area contributed by atoms with Crippen LogP contribution in [0.25, 0.3) is 0 Å². The monoisotopic (exact) mass is 240 g/mol. The Labute approximate surface area is 104 Å². The molecule has 2 aliphatic rings. The topological polar surface area (TPSA) is 47.6 Å². The molecule has 1 amide bonds. The van der Waals surface area contributed by atoms with Crippen LogP contribution in [0.1, 0.15) is 12.8 Å². The van der Waals surface area contributed by atoms with Crippen molar-refractivity contribution in [3.63, 3.8) is 0 Å². The second-order valence-corrected chi connectivity index (χ2v) is 5.08. The van der Waals surface area contributed by atoms with Crippen molar-refractivity contribution in [3.05, 3.63) is 0 Å². The molecule has 98 valence electrons. The Kier molecular flexibility index (Phi) is 4.76. The first-order chi connectivity index (χ1) is 8.25. The van der Waals surface area contributed by atoms with Gasteiger partial charge in [0.25, 0.3) is 0 Å². The van der Waals surface area contributed by atoms with Crippen LogP contribution >= 0.6 is 0 Å². The summed E-state index contributed by atoms with van der Waals surface area (Å²) >= 11 is 0. The van der Waals surface area contributed by atoms with Crippen molar-refractivity contribution < 1.29 is 4.79 Å². The Bertz CT molecular complexity index is 251. The number of likely N-dealkylation sites (N-methyl/N-ethyl adjacent to an activating group) is 1. The minimum absolute atomic E-state index is 0.0382. The summed E-state index contributed by atoms with van der Waals surface area (Å²) in [5.74, 6) is 0.176. The van der Waals surface area contributed by atoms with E-state index in [4.69, 9.17) is 0 Å². The Morgan fingerprint density at radius 2 is 2.12 bits per heavy atom. The Morgan fingerprint density at radius 3 is 2.82 bits per heavy atom. The Balaban J connectivity index is 1.60. The molecule has 1 atom stereocenters. The Morgan fingerprint density at radius 1 is 1.35 bits per heavy atom. The number of carbonyl (C=O) groups excluding carboxylic acids is 1. The van der Waals surface area contributed by atoms with E-state index in [1.807, 2.05) is 0 Å². The molecule has 0 bridgehead atoms. The summed E-state index contributed by atoms with van der Waals surface area (Å²) in [7, 11) is 2.17. The zero-order chi connectivity index (χ0) is 12.1. The van der Waals surface area contributed by atoms with Gasteiger partial charge in [0.05, 0.1) is 6.04 Å². The SMILES string of the molecule is CN1CCN(CCNC2CCCNC2=O)CC1. The van der Waals surface area contributed by atoms with E-state index in [9.17, 15) is 4.79 Å². The third-order valence-corrected chi connectivity index (χ3v) is 3.70. The van der Waals surface area contributed by atoms with Gasteiger partial charge in [-0.3, -0.25) is 9.69 Å². The van der Waals surface area contributed by atoms with E-state index >= 15 is 0 Å². The summed E-state index contributed by atoms with van der Waals surface area (Å²) in [6, 6.07) is 0.0382. The molecule has 2 N–H and O–H groups in total. The summed E-state index contributed by atoms with van der Waals surface area (Å²) < 4.78 is 0. The van der Waals surface area contributed by atoms with E-state index < -0.39 is 0 Å². The molecule has 0 aromatic carbocycles. The number of hydrogen-bond acceptors (Lipinski definition) is 4. The fourth-order valence-electron chi connectivity index (χ4n) is 2.44. The molecule has 0 aromatic heterocycles. The number of rotatable bonds is 4. The van der Waals surface area contributed by atoms with Crippen LogP contribution in [-0.2, 0) is 4.79 Å². The van der Waals surface area contributed by atoms with Crippen LogP contribution in [0.15, 0.2) is 0 Å². The van der Waals surface area contributed by atoms with E-state index in [-0.39, 0.29) is 11.9 Å². The molecule has 0 saturated carbocycles. The van der Waals surface area contributed by atoms with Crippen LogP contribution in [0.4, 0.5) is 0 Å². The normalized spacial score (nSPS) is 28.1. The molecule has 2 rings (SSSR count). The van der Waals surface area contributed by atoms with Crippen molar-refractivity contribution in [3.8, 4) is 0 Å². The first kappa shape index (κ1) is 12.8. The van der Waals surface area contributed by atoms with Gasteiger partial charge in [-0.05, 0) is 19.9 Å². The minimum atomic E-state index is 0.0382. The van der Waals surface area contributed by atoms with E-state index in [1.165, 1.54) is 0 Å². The fraction of sp³-hybridized carbons (Fsp3) is 0.917. The summed E-state index contributed by atoms with van der Waals surface area (Å²) in [6.45, 7) is 7.42. The highest BCUT2D eigenvalue weighted by Crippen LogP contribution is 2.03. The highest BCUT2D eigenvalue weighted by molar-refractivity contribution is 5.82. The van der Waals surface area contributed by atoms with Gasteiger partial charge in [0.1, 0.15) is 0 Å². The van der Waals surface area contributed by atoms with Crippen LogP contribution < -0.4 is 10.6 Å². The van der Waals surface area contributed by atoms with Gasteiger partial charge in [-0.2, -0.15) is 0 Å². The number of carbonyl (C=O) groups is 1. The molecular formula is C12H24N4O. The molecule has 17 heavy (non-hydrogen) atoms. The number of nitrogens with one attached hydrogen (secondary N) is 2. The van der Waals surface area contributed by atoms with Crippen molar-refractivity contribution >= 4 is 5.91 Å². The van der Waals surface area contributed by atoms with E-state index in [0.717, 1.165) is 58.7 Å². The van der Waals surface area contributed by atoms with Crippen LogP contribution in [0, 0.1) is 0 Å². The zero-order valence-electron chi connectivity index (χ0n) is 10.7. The van der Waals surface area contributed by atoms with Crippen LogP contribution in [0.3, 0.4) is 0 Å². The maximum absolute atomic E-state index is 11.5. The zero-order valence-corrected chi connectivity index (χ0v) is 10.7. The number of piperazine rings is 1.